The van der Waals surface area contributed by atoms with Crippen molar-refractivity contribution in [3.05, 3.63) is 11.4 Å². The summed E-state index contributed by atoms with van der Waals surface area (Å²) in [6.07, 6.45) is 0.912. The average molecular weight is 262 g/mol. The largest absolute Gasteiger partial charge is 0.398 e. The van der Waals surface area contributed by atoms with Gasteiger partial charge in [-0.15, -0.1) is 11.3 Å². The number of nitrogen functional groups attached to an aromatic ring is 1. The van der Waals surface area contributed by atoms with E-state index in [1.54, 1.807) is 5.38 Å². The Balaban J connectivity index is 1.97. The summed E-state index contributed by atoms with van der Waals surface area (Å²) in [6, 6.07) is 1.47. The minimum atomic E-state index is -3.39. The Hall–Kier alpha value is -0.630. The first-order chi connectivity index (χ1) is 7.58. The number of rotatable bonds is 4. The van der Waals surface area contributed by atoms with E-state index in [0.29, 0.717) is 18.8 Å². The molecule has 7 heteroatoms. The van der Waals surface area contributed by atoms with Crippen LogP contribution in [0.2, 0.25) is 0 Å². The predicted octanol–water partition coefficient (Wildman–Crippen LogP) is 0.645. The van der Waals surface area contributed by atoms with Gasteiger partial charge in [0.05, 0.1) is 6.61 Å². The van der Waals surface area contributed by atoms with Crippen LogP contribution < -0.4 is 10.5 Å². The van der Waals surface area contributed by atoms with Crippen LogP contribution in [0.3, 0.4) is 0 Å². The third-order valence-corrected chi connectivity index (χ3v) is 5.33. The molecule has 90 valence electrons. The fourth-order valence-electron chi connectivity index (χ4n) is 1.51. The highest BCUT2D eigenvalue weighted by atomic mass is 32.2. The molecule has 0 aliphatic carbocycles. The Labute approximate surface area is 98.7 Å². The van der Waals surface area contributed by atoms with Gasteiger partial charge in [-0.1, -0.05) is 0 Å². The standard InChI is InChI=1S/C9H14N2O3S2/c10-8-3-9(15-6-8)16(12,13)11-4-7-1-2-14-5-7/h3,6-7,11H,1-2,4-5,10H2. The Morgan fingerprint density at radius 2 is 2.44 bits per heavy atom. The topological polar surface area (TPSA) is 81.4 Å². The van der Waals surface area contributed by atoms with Crippen LogP contribution in [0.5, 0.6) is 0 Å². The van der Waals surface area contributed by atoms with Crippen molar-refractivity contribution in [3.63, 3.8) is 0 Å². The van der Waals surface area contributed by atoms with Crippen molar-refractivity contribution in [1.82, 2.24) is 4.72 Å². The molecule has 2 rings (SSSR count). The second kappa shape index (κ2) is 4.70. The quantitative estimate of drug-likeness (QED) is 0.834. The van der Waals surface area contributed by atoms with E-state index >= 15 is 0 Å². The molecule has 1 fully saturated rings. The van der Waals surface area contributed by atoms with E-state index in [9.17, 15) is 8.42 Å². The zero-order valence-corrected chi connectivity index (χ0v) is 10.3. The molecule has 5 nitrogen and oxygen atoms in total. The number of hydrogen-bond donors (Lipinski definition) is 2. The number of thiophene rings is 1. The minimum Gasteiger partial charge on any atom is -0.398 e. The summed E-state index contributed by atoms with van der Waals surface area (Å²) in [5.74, 6) is 0.284. The molecule has 1 aromatic heterocycles. The number of hydrogen-bond acceptors (Lipinski definition) is 5. The first-order valence-electron chi connectivity index (χ1n) is 4.99. The number of anilines is 1. The van der Waals surface area contributed by atoms with Crippen molar-refractivity contribution < 1.29 is 13.2 Å². The van der Waals surface area contributed by atoms with Gasteiger partial charge in [0.2, 0.25) is 10.0 Å². The van der Waals surface area contributed by atoms with Crippen LogP contribution in [0.4, 0.5) is 5.69 Å². The molecule has 0 bridgehead atoms. The first-order valence-corrected chi connectivity index (χ1v) is 7.35. The van der Waals surface area contributed by atoms with Gasteiger partial charge in [0.25, 0.3) is 0 Å². The molecule has 0 saturated carbocycles. The Morgan fingerprint density at radius 1 is 1.62 bits per heavy atom. The van der Waals surface area contributed by atoms with Gasteiger partial charge in [-0.3, -0.25) is 0 Å². The molecule has 2 heterocycles. The Morgan fingerprint density at radius 3 is 3.00 bits per heavy atom. The highest BCUT2D eigenvalue weighted by molar-refractivity contribution is 7.91. The zero-order valence-electron chi connectivity index (χ0n) is 8.68. The predicted molar refractivity (Wildman–Crippen MR) is 62.8 cm³/mol. The second-order valence-electron chi connectivity index (χ2n) is 3.78. The number of ether oxygens (including phenoxy) is 1. The monoisotopic (exact) mass is 262 g/mol. The molecule has 0 radical (unpaired) electrons. The molecule has 1 saturated heterocycles. The van der Waals surface area contributed by atoms with Gasteiger partial charge in [-0.2, -0.15) is 0 Å². The summed E-state index contributed by atoms with van der Waals surface area (Å²) in [6.45, 7) is 1.79. The average Bonchev–Trinajstić information content (AvgIpc) is 2.85. The van der Waals surface area contributed by atoms with Crippen LogP contribution in [0, 0.1) is 5.92 Å². The lowest BCUT2D eigenvalue weighted by molar-refractivity contribution is 0.186. The van der Waals surface area contributed by atoms with Crippen molar-refractivity contribution in [2.45, 2.75) is 10.6 Å². The summed E-state index contributed by atoms with van der Waals surface area (Å²) < 4.78 is 31.6. The maximum atomic E-state index is 11.8. The SMILES string of the molecule is Nc1csc(S(=O)(=O)NCC2CCOC2)c1. The number of sulfonamides is 1. The summed E-state index contributed by atoms with van der Waals surface area (Å²) >= 11 is 1.13. The van der Waals surface area contributed by atoms with Crippen molar-refractivity contribution in [2.24, 2.45) is 5.92 Å². The van der Waals surface area contributed by atoms with Gasteiger partial charge < -0.3 is 10.5 Å². The van der Waals surface area contributed by atoms with E-state index in [-0.39, 0.29) is 10.1 Å². The van der Waals surface area contributed by atoms with Gasteiger partial charge >= 0.3 is 0 Å². The van der Waals surface area contributed by atoms with E-state index in [4.69, 9.17) is 10.5 Å². The second-order valence-corrected chi connectivity index (χ2v) is 6.69. The van der Waals surface area contributed by atoms with Crippen molar-refractivity contribution in [2.75, 3.05) is 25.5 Å². The van der Waals surface area contributed by atoms with E-state index < -0.39 is 10.0 Å². The van der Waals surface area contributed by atoms with E-state index in [1.165, 1.54) is 6.07 Å². The fraction of sp³-hybridized carbons (Fsp3) is 0.556. The van der Waals surface area contributed by atoms with E-state index in [2.05, 4.69) is 4.72 Å². The molecular weight excluding hydrogens is 248 g/mol. The maximum Gasteiger partial charge on any atom is 0.250 e. The molecule has 1 aliphatic heterocycles. The molecule has 0 spiro atoms. The van der Waals surface area contributed by atoms with Crippen LogP contribution in [-0.2, 0) is 14.8 Å². The highest BCUT2D eigenvalue weighted by Crippen LogP contribution is 2.21. The van der Waals surface area contributed by atoms with Crippen molar-refractivity contribution in [1.29, 1.82) is 0 Å². The van der Waals surface area contributed by atoms with Crippen LogP contribution in [0.1, 0.15) is 6.42 Å². The molecule has 3 N–H and O–H groups in total. The highest BCUT2D eigenvalue weighted by Gasteiger charge is 2.21. The molecule has 1 atom stereocenters. The number of nitrogens with two attached hydrogens (primary N) is 1. The van der Waals surface area contributed by atoms with Gasteiger partial charge in [0.15, 0.2) is 0 Å². The fourth-order valence-corrected chi connectivity index (χ4v) is 3.76. The van der Waals surface area contributed by atoms with Gasteiger partial charge in [-0.05, 0) is 18.4 Å². The minimum absolute atomic E-state index is 0.268. The normalized spacial score (nSPS) is 21.4. The molecular formula is C9H14N2O3S2. The third-order valence-electron chi connectivity index (χ3n) is 2.45. The van der Waals surface area contributed by atoms with Crippen LogP contribution >= 0.6 is 11.3 Å². The van der Waals surface area contributed by atoms with Crippen LogP contribution in [-0.4, -0.2) is 28.2 Å². The molecule has 1 aromatic rings. The summed E-state index contributed by atoms with van der Waals surface area (Å²) in [7, 11) is -3.39. The lowest BCUT2D eigenvalue weighted by Gasteiger charge is -2.08. The molecule has 0 aromatic carbocycles. The lowest BCUT2D eigenvalue weighted by Crippen LogP contribution is -2.29. The van der Waals surface area contributed by atoms with Crippen LogP contribution in [0.15, 0.2) is 15.7 Å². The van der Waals surface area contributed by atoms with E-state index in [1.807, 2.05) is 0 Å². The third kappa shape index (κ3) is 2.73. The molecule has 1 unspecified atom stereocenters. The van der Waals surface area contributed by atoms with E-state index in [0.717, 1.165) is 24.4 Å². The maximum absolute atomic E-state index is 11.8. The van der Waals surface area contributed by atoms with Crippen LogP contribution in [0.25, 0.3) is 0 Å². The zero-order chi connectivity index (χ0) is 11.6. The number of nitrogens with one attached hydrogen (secondary N) is 1. The Kier molecular flexibility index (Phi) is 3.48. The lowest BCUT2D eigenvalue weighted by atomic mass is 10.1. The van der Waals surface area contributed by atoms with Gasteiger partial charge in [-0.25, -0.2) is 13.1 Å². The molecule has 0 amide bonds. The molecule has 16 heavy (non-hydrogen) atoms. The summed E-state index contributed by atoms with van der Waals surface area (Å²) in [5.41, 5.74) is 5.97. The van der Waals surface area contributed by atoms with Crippen molar-refractivity contribution in [3.8, 4) is 0 Å². The first kappa shape index (κ1) is 11.8. The summed E-state index contributed by atoms with van der Waals surface area (Å²) in [4.78, 5) is 0. The summed E-state index contributed by atoms with van der Waals surface area (Å²) in [5, 5.41) is 1.62. The Bertz CT molecular complexity index is 449. The molecule has 1 aliphatic rings. The van der Waals surface area contributed by atoms with Crippen molar-refractivity contribution >= 4 is 27.0 Å². The van der Waals surface area contributed by atoms with Gasteiger partial charge in [0.1, 0.15) is 4.21 Å². The van der Waals surface area contributed by atoms with Gasteiger partial charge in [0, 0.05) is 24.2 Å². The smallest absolute Gasteiger partial charge is 0.250 e.